The van der Waals surface area contributed by atoms with Gasteiger partial charge in [0.1, 0.15) is 0 Å². The van der Waals surface area contributed by atoms with Gasteiger partial charge in [0.15, 0.2) is 0 Å². The first-order valence-corrected chi connectivity index (χ1v) is 8.72. The molecule has 0 aromatic heterocycles. The van der Waals surface area contributed by atoms with E-state index in [9.17, 15) is 4.79 Å². The van der Waals surface area contributed by atoms with Crippen molar-refractivity contribution in [2.75, 3.05) is 23.8 Å². The molecule has 112 valence electrons. The van der Waals surface area contributed by atoms with Gasteiger partial charge in [0.05, 0.1) is 6.04 Å². The number of thioether (sulfide) groups is 2. The van der Waals surface area contributed by atoms with E-state index in [0.29, 0.717) is 11.7 Å². The van der Waals surface area contributed by atoms with E-state index in [0.717, 1.165) is 17.9 Å². The molecule has 1 aliphatic heterocycles. The first kappa shape index (κ1) is 17.7. The van der Waals surface area contributed by atoms with E-state index >= 15 is 0 Å². The second-order valence-corrected chi connectivity index (χ2v) is 7.17. The summed E-state index contributed by atoms with van der Waals surface area (Å²) in [6.45, 7) is 0.735. The maximum absolute atomic E-state index is 11.9. The Bertz CT molecular complexity index is 399. The van der Waals surface area contributed by atoms with Gasteiger partial charge in [0.25, 0.3) is 0 Å². The predicted molar refractivity (Wildman–Crippen MR) is 92.0 cm³/mol. The Labute approximate surface area is 135 Å². The number of benzene rings is 1. The normalized spacial score (nSPS) is 19.8. The highest BCUT2D eigenvalue weighted by Gasteiger charge is 2.18. The highest BCUT2D eigenvalue weighted by Crippen LogP contribution is 2.23. The quantitative estimate of drug-likeness (QED) is 0.865. The fourth-order valence-corrected chi connectivity index (χ4v) is 4.57. The molecule has 1 saturated heterocycles. The van der Waals surface area contributed by atoms with Crippen LogP contribution in [0.1, 0.15) is 5.56 Å². The van der Waals surface area contributed by atoms with Crippen LogP contribution in [0.2, 0.25) is 0 Å². The Morgan fingerprint density at radius 1 is 1.35 bits per heavy atom. The van der Waals surface area contributed by atoms with Crippen LogP contribution in [0.25, 0.3) is 0 Å². The third-order valence-electron chi connectivity index (χ3n) is 3.02. The summed E-state index contributed by atoms with van der Waals surface area (Å²) in [5, 5.41) is 3.51. The second-order valence-electron chi connectivity index (χ2n) is 4.61. The number of halogens is 1. The van der Waals surface area contributed by atoms with Crippen molar-refractivity contribution in [1.29, 1.82) is 0 Å². The first-order chi connectivity index (χ1) is 9.25. The molecule has 2 atom stereocenters. The van der Waals surface area contributed by atoms with Gasteiger partial charge in [-0.25, -0.2) is 0 Å². The zero-order valence-corrected chi connectivity index (χ0v) is 13.7. The summed E-state index contributed by atoms with van der Waals surface area (Å²) in [7, 11) is 0. The fraction of sp³-hybridized carbons (Fsp3) is 0.500. The van der Waals surface area contributed by atoms with Crippen LogP contribution in [0, 0.1) is 0 Å². The van der Waals surface area contributed by atoms with Crippen LogP contribution >= 0.6 is 35.9 Å². The molecule has 3 N–H and O–H groups in total. The topological polar surface area (TPSA) is 55.1 Å². The summed E-state index contributed by atoms with van der Waals surface area (Å²) < 4.78 is 0. The maximum Gasteiger partial charge on any atom is 0.237 e. The highest BCUT2D eigenvalue weighted by molar-refractivity contribution is 8.06. The summed E-state index contributed by atoms with van der Waals surface area (Å²) in [6, 6.07) is 9.45. The molecule has 1 aliphatic rings. The van der Waals surface area contributed by atoms with Crippen molar-refractivity contribution in [2.24, 2.45) is 5.73 Å². The van der Waals surface area contributed by atoms with E-state index in [1.807, 2.05) is 53.9 Å². The van der Waals surface area contributed by atoms with Gasteiger partial charge < -0.3 is 11.1 Å². The fourth-order valence-electron chi connectivity index (χ4n) is 1.96. The van der Waals surface area contributed by atoms with Gasteiger partial charge >= 0.3 is 0 Å². The zero-order chi connectivity index (χ0) is 13.5. The van der Waals surface area contributed by atoms with Gasteiger partial charge in [-0.1, -0.05) is 30.3 Å². The van der Waals surface area contributed by atoms with Gasteiger partial charge in [-0.05, 0) is 12.0 Å². The van der Waals surface area contributed by atoms with Crippen LogP contribution in [0.4, 0.5) is 0 Å². The molecule has 2 rings (SSSR count). The van der Waals surface area contributed by atoms with Gasteiger partial charge in [-0.2, -0.15) is 23.5 Å². The van der Waals surface area contributed by atoms with Crippen molar-refractivity contribution in [3.8, 4) is 0 Å². The first-order valence-electron chi connectivity index (χ1n) is 6.52. The molecule has 6 heteroatoms. The minimum atomic E-state index is -0.455. The molecule has 1 aromatic carbocycles. The Hall–Kier alpha value is -0.360. The maximum atomic E-state index is 11.9. The van der Waals surface area contributed by atoms with Crippen LogP contribution in [0.15, 0.2) is 30.3 Å². The van der Waals surface area contributed by atoms with Gasteiger partial charge in [0.2, 0.25) is 5.91 Å². The molecule has 1 heterocycles. The van der Waals surface area contributed by atoms with Crippen molar-refractivity contribution in [1.82, 2.24) is 5.32 Å². The number of amides is 1. The average Bonchev–Trinajstić information content (AvgIpc) is 2.47. The molecular weight excluding hydrogens is 312 g/mol. The summed E-state index contributed by atoms with van der Waals surface area (Å²) >= 11 is 3.91. The minimum absolute atomic E-state index is 0. The highest BCUT2D eigenvalue weighted by atomic mass is 35.5. The van der Waals surface area contributed by atoms with E-state index in [1.54, 1.807) is 0 Å². The SMILES string of the molecule is Cl.N[C@@H](Cc1ccccc1)C(=O)NCC1CSCCS1. The molecule has 0 aliphatic carbocycles. The number of nitrogens with one attached hydrogen (secondary N) is 1. The number of carbonyl (C=O) groups excluding carboxylic acids is 1. The Balaban J connectivity index is 0.00000200. The summed E-state index contributed by atoms with van der Waals surface area (Å²) in [6.07, 6.45) is 0.596. The molecule has 1 amide bonds. The molecule has 0 saturated carbocycles. The largest absolute Gasteiger partial charge is 0.354 e. The lowest BCUT2D eigenvalue weighted by atomic mass is 10.1. The minimum Gasteiger partial charge on any atom is -0.354 e. The molecule has 1 aromatic rings. The Morgan fingerprint density at radius 3 is 2.75 bits per heavy atom. The molecule has 0 bridgehead atoms. The molecule has 1 fully saturated rings. The van der Waals surface area contributed by atoms with E-state index in [2.05, 4.69) is 5.32 Å². The van der Waals surface area contributed by atoms with Crippen LogP contribution in [0.5, 0.6) is 0 Å². The molecule has 1 unspecified atom stereocenters. The third kappa shape index (κ3) is 5.95. The molecule has 3 nitrogen and oxygen atoms in total. The summed E-state index contributed by atoms with van der Waals surface area (Å²) in [5.41, 5.74) is 7.05. The lowest BCUT2D eigenvalue weighted by Gasteiger charge is -2.22. The smallest absolute Gasteiger partial charge is 0.237 e. The lowest BCUT2D eigenvalue weighted by Crippen LogP contribution is -2.44. The van der Waals surface area contributed by atoms with Gasteiger partial charge in [-0.3, -0.25) is 4.79 Å². The van der Waals surface area contributed by atoms with E-state index in [-0.39, 0.29) is 18.3 Å². The number of rotatable bonds is 5. The molecule has 0 spiro atoms. The standard InChI is InChI=1S/C14H20N2OS2.ClH/c15-13(8-11-4-2-1-3-5-11)14(17)16-9-12-10-18-6-7-19-12;/h1-5,12-13H,6-10,15H2,(H,16,17);1H/t12?,13-;/m0./s1. The van der Waals surface area contributed by atoms with Crippen LogP contribution < -0.4 is 11.1 Å². The lowest BCUT2D eigenvalue weighted by molar-refractivity contribution is -0.122. The summed E-state index contributed by atoms with van der Waals surface area (Å²) in [5.74, 6) is 3.49. The number of nitrogens with two attached hydrogens (primary N) is 1. The second kappa shape index (κ2) is 9.55. The summed E-state index contributed by atoms with van der Waals surface area (Å²) in [4.78, 5) is 11.9. The molecular formula is C14H21ClN2OS2. The number of hydrogen-bond donors (Lipinski definition) is 2. The van der Waals surface area contributed by atoms with Crippen molar-refractivity contribution < 1.29 is 4.79 Å². The van der Waals surface area contributed by atoms with Crippen LogP contribution in [0.3, 0.4) is 0 Å². The van der Waals surface area contributed by atoms with E-state index in [1.165, 1.54) is 11.5 Å². The number of hydrogen-bond acceptors (Lipinski definition) is 4. The predicted octanol–water partition coefficient (Wildman–Crippen LogP) is 1.94. The number of carbonyl (C=O) groups is 1. The Kier molecular flexibility index (Phi) is 8.45. The van der Waals surface area contributed by atoms with Gasteiger partial charge in [0, 0.05) is 29.1 Å². The van der Waals surface area contributed by atoms with Crippen LogP contribution in [-0.2, 0) is 11.2 Å². The van der Waals surface area contributed by atoms with Crippen molar-refractivity contribution >= 4 is 41.8 Å². The average molecular weight is 333 g/mol. The molecule has 20 heavy (non-hydrogen) atoms. The monoisotopic (exact) mass is 332 g/mol. The van der Waals surface area contributed by atoms with Crippen LogP contribution in [-0.4, -0.2) is 41.0 Å². The Morgan fingerprint density at radius 2 is 2.10 bits per heavy atom. The van der Waals surface area contributed by atoms with E-state index < -0.39 is 6.04 Å². The molecule has 0 radical (unpaired) electrons. The van der Waals surface area contributed by atoms with Crippen molar-refractivity contribution in [2.45, 2.75) is 17.7 Å². The van der Waals surface area contributed by atoms with Gasteiger partial charge in [-0.15, -0.1) is 12.4 Å². The van der Waals surface area contributed by atoms with E-state index in [4.69, 9.17) is 5.73 Å². The third-order valence-corrected chi connectivity index (χ3v) is 5.87. The van der Waals surface area contributed by atoms with Crippen molar-refractivity contribution in [3.05, 3.63) is 35.9 Å². The van der Waals surface area contributed by atoms with Crippen molar-refractivity contribution in [3.63, 3.8) is 0 Å². The zero-order valence-electron chi connectivity index (χ0n) is 11.3.